The fraction of sp³-hybridized carbons (Fsp3) is 0.385. The molecule has 0 aromatic heterocycles. The lowest BCUT2D eigenvalue weighted by molar-refractivity contribution is -0.121. The van der Waals surface area contributed by atoms with Gasteiger partial charge in [-0.2, -0.15) is 0 Å². The molecule has 0 heterocycles. The summed E-state index contributed by atoms with van der Waals surface area (Å²) in [7, 11) is 0. The van der Waals surface area contributed by atoms with Crippen molar-refractivity contribution < 1.29 is 14.3 Å². The van der Waals surface area contributed by atoms with Gasteiger partial charge in [-0.05, 0) is 31.2 Å². The maximum Gasteiger partial charge on any atom is 0.267 e. The number of thiol groups is 1. The van der Waals surface area contributed by atoms with E-state index in [-0.39, 0.29) is 18.3 Å². The summed E-state index contributed by atoms with van der Waals surface area (Å²) >= 11 is 3.58. The van der Waals surface area contributed by atoms with E-state index < -0.39 is 0 Å². The van der Waals surface area contributed by atoms with Crippen LogP contribution < -0.4 is 9.46 Å². The second-order valence-corrected chi connectivity index (χ2v) is 3.83. The zero-order valence-corrected chi connectivity index (χ0v) is 11.8. The quantitative estimate of drug-likeness (QED) is 0.652. The van der Waals surface area contributed by atoms with E-state index in [1.807, 2.05) is 0 Å². The van der Waals surface area contributed by atoms with E-state index in [0.717, 1.165) is 0 Å². The van der Waals surface area contributed by atoms with Crippen LogP contribution >= 0.6 is 12.8 Å². The van der Waals surface area contributed by atoms with Crippen LogP contribution in [0.15, 0.2) is 24.3 Å². The largest absolute Gasteiger partial charge is 0.484 e. The summed E-state index contributed by atoms with van der Waals surface area (Å²) in [4.78, 5) is 21.7. The highest BCUT2D eigenvalue weighted by molar-refractivity contribution is 7.78. The Morgan fingerprint density at radius 1 is 1.22 bits per heavy atom. The SMILES string of the molecule is CC(=O)c1ccc(OCC(=O)NS)cc1.CCC. The molecule has 1 aromatic carbocycles. The summed E-state index contributed by atoms with van der Waals surface area (Å²) in [5.41, 5.74) is 0.612. The number of amides is 1. The predicted octanol–water partition coefficient (Wildman–Crippen LogP) is 2.65. The highest BCUT2D eigenvalue weighted by atomic mass is 32.1. The van der Waals surface area contributed by atoms with Crippen molar-refractivity contribution in [1.82, 2.24) is 4.72 Å². The van der Waals surface area contributed by atoms with Crippen molar-refractivity contribution in [2.75, 3.05) is 6.61 Å². The Morgan fingerprint density at radius 2 is 1.72 bits per heavy atom. The number of carbonyl (C=O) groups excluding carboxylic acids is 2. The number of ether oxygens (including phenoxy) is 1. The van der Waals surface area contributed by atoms with Crippen molar-refractivity contribution in [3.8, 4) is 5.75 Å². The minimum Gasteiger partial charge on any atom is -0.484 e. The predicted molar refractivity (Wildman–Crippen MR) is 75.0 cm³/mol. The second-order valence-electron chi connectivity index (χ2n) is 3.61. The van der Waals surface area contributed by atoms with Gasteiger partial charge in [-0.25, -0.2) is 0 Å². The molecule has 4 nitrogen and oxygen atoms in total. The Labute approximate surface area is 113 Å². The number of rotatable bonds is 4. The molecule has 0 fully saturated rings. The molecule has 0 aliphatic carbocycles. The van der Waals surface area contributed by atoms with E-state index in [0.29, 0.717) is 11.3 Å². The van der Waals surface area contributed by atoms with Crippen molar-refractivity contribution in [1.29, 1.82) is 0 Å². The van der Waals surface area contributed by atoms with Gasteiger partial charge < -0.3 is 4.74 Å². The highest BCUT2D eigenvalue weighted by Crippen LogP contribution is 2.12. The van der Waals surface area contributed by atoms with Crippen LogP contribution in [-0.2, 0) is 4.79 Å². The topological polar surface area (TPSA) is 55.4 Å². The zero-order valence-electron chi connectivity index (χ0n) is 10.9. The van der Waals surface area contributed by atoms with E-state index in [4.69, 9.17) is 4.74 Å². The Bertz CT molecular complexity index is 376. The van der Waals surface area contributed by atoms with Gasteiger partial charge >= 0.3 is 0 Å². The number of Topliss-reactive ketones (excluding diaryl/α,β-unsaturated/α-hetero) is 1. The third kappa shape index (κ3) is 6.96. The van der Waals surface area contributed by atoms with Crippen LogP contribution in [0.1, 0.15) is 37.6 Å². The smallest absolute Gasteiger partial charge is 0.267 e. The third-order valence-corrected chi connectivity index (χ3v) is 2.00. The summed E-state index contributed by atoms with van der Waals surface area (Å²) in [5, 5.41) is 0. The molecule has 0 atom stereocenters. The third-order valence-electron chi connectivity index (χ3n) is 1.76. The van der Waals surface area contributed by atoms with Crippen LogP contribution in [-0.4, -0.2) is 18.3 Å². The number of benzene rings is 1. The Morgan fingerprint density at radius 3 is 2.11 bits per heavy atom. The highest BCUT2D eigenvalue weighted by Gasteiger charge is 2.01. The standard InChI is InChI=1S/C10H11NO3S.C3H8/c1-7(12)8-2-4-9(5-3-8)14-6-10(13)11-15;1-3-2/h2-5,15H,6H2,1H3,(H,11,13);3H2,1-2H3. The minimum atomic E-state index is -0.325. The van der Waals surface area contributed by atoms with Gasteiger partial charge in [0.2, 0.25) is 0 Å². The Balaban J connectivity index is 0.000000873. The molecular weight excluding hydrogens is 250 g/mol. The van der Waals surface area contributed by atoms with E-state index in [9.17, 15) is 9.59 Å². The van der Waals surface area contributed by atoms with Crippen LogP contribution in [0.25, 0.3) is 0 Å². The number of ketones is 1. The van der Waals surface area contributed by atoms with Crippen LogP contribution in [0.2, 0.25) is 0 Å². The molecule has 18 heavy (non-hydrogen) atoms. The van der Waals surface area contributed by atoms with Crippen LogP contribution in [0.3, 0.4) is 0 Å². The van der Waals surface area contributed by atoms with E-state index in [1.165, 1.54) is 13.3 Å². The van der Waals surface area contributed by atoms with Crippen molar-refractivity contribution in [2.24, 2.45) is 0 Å². The molecule has 0 aliphatic rings. The average Bonchev–Trinajstić information content (AvgIpc) is 2.37. The van der Waals surface area contributed by atoms with Crippen molar-refractivity contribution >= 4 is 24.5 Å². The summed E-state index contributed by atoms with van der Waals surface area (Å²) < 4.78 is 7.26. The number of hydrogen-bond donors (Lipinski definition) is 2. The van der Waals surface area contributed by atoms with Gasteiger partial charge in [0.05, 0.1) is 0 Å². The maximum atomic E-state index is 11.0. The summed E-state index contributed by atoms with van der Waals surface area (Å²) in [5.74, 6) is 0.209. The van der Waals surface area contributed by atoms with Gasteiger partial charge in [0.15, 0.2) is 12.4 Å². The minimum absolute atomic E-state index is 0.00495. The average molecular weight is 269 g/mol. The molecule has 1 rings (SSSR count). The fourth-order valence-electron chi connectivity index (χ4n) is 0.967. The van der Waals surface area contributed by atoms with E-state index in [1.54, 1.807) is 24.3 Å². The van der Waals surface area contributed by atoms with Gasteiger partial charge in [-0.3, -0.25) is 14.3 Å². The van der Waals surface area contributed by atoms with Crippen LogP contribution in [0.5, 0.6) is 5.75 Å². The molecule has 0 saturated carbocycles. The first kappa shape index (κ1) is 16.5. The first-order chi connectivity index (χ1) is 8.54. The maximum absolute atomic E-state index is 11.0. The van der Waals surface area contributed by atoms with Crippen molar-refractivity contribution in [3.63, 3.8) is 0 Å². The first-order valence-corrected chi connectivity index (χ1v) is 6.16. The van der Waals surface area contributed by atoms with Gasteiger partial charge in [0.1, 0.15) is 5.75 Å². The zero-order chi connectivity index (χ0) is 14.0. The normalized spacial score (nSPS) is 8.89. The molecule has 1 aromatic rings. The number of nitrogens with one attached hydrogen (secondary N) is 1. The summed E-state index contributed by atoms with van der Waals surface area (Å²) in [6, 6.07) is 6.58. The molecule has 0 unspecified atom stereocenters. The van der Waals surface area contributed by atoms with E-state index >= 15 is 0 Å². The number of carbonyl (C=O) groups is 2. The van der Waals surface area contributed by atoms with Gasteiger partial charge in [-0.1, -0.05) is 33.1 Å². The monoisotopic (exact) mass is 269 g/mol. The Kier molecular flexibility index (Phi) is 8.74. The molecule has 0 bridgehead atoms. The number of hydrogen-bond acceptors (Lipinski definition) is 4. The van der Waals surface area contributed by atoms with Gasteiger partial charge in [-0.15, -0.1) is 0 Å². The molecule has 5 heteroatoms. The van der Waals surface area contributed by atoms with Gasteiger partial charge in [0, 0.05) is 5.56 Å². The second kappa shape index (κ2) is 9.53. The van der Waals surface area contributed by atoms with Crippen molar-refractivity contribution in [3.05, 3.63) is 29.8 Å². The molecule has 1 N–H and O–H groups in total. The molecule has 1 amide bonds. The molecular formula is C13H19NO3S. The Hall–Kier alpha value is -1.49. The molecule has 0 spiro atoms. The van der Waals surface area contributed by atoms with Crippen molar-refractivity contribution in [2.45, 2.75) is 27.2 Å². The van der Waals surface area contributed by atoms with E-state index in [2.05, 4.69) is 31.4 Å². The summed E-state index contributed by atoms with van der Waals surface area (Å²) in [6.07, 6.45) is 1.25. The lowest BCUT2D eigenvalue weighted by Gasteiger charge is -2.04. The molecule has 0 saturated heterocycles. The summed E-state index contributed by atoms with van der Waals surface area (Å²) in [6.45, 7) is 5.65. The van der Waals surface area contributed by atoms with Crippen LogP contribution in [0, 0.1) is 0 Å². The molecule has 0 aliphatic heterocycles. The lowest BCUT2D eigenvalue weighted by atomic mass is 10.1. The molecule has 0 radical (unpaired) electrons. The van der Waals surface area contributed by atoms with Gasteiger partial charge in [0.25, 0.3) is 5.91 Å². The fourth-order valence-corrected chi connectivity index (χ4v) is 1.03. The lowest BCUT2D eigenvalue weighted by Crippen LogP contribution is -2.20. The van der Waals surface area contributed by atoms with Crippen LogP contribution in [0.4, 0.5) is 0 Å². The molecule has 100 valence electrons. The first-order valence-electron chi connectivity index (χ1n) is 5.71.